The Bertz CT molecular complexity index is 537. The molecule has 0 radical (unpaired) electrons. The lowest BCUT2D eigenvalue weighted by molar-refractivity contribution is -0.118. The number of nitrogens with one attached hydrogen (secondary N) is 1. The second-order valence-electron chi connectivity index (χ2n) is 7.80. The monoisotopic (exact) mass is 303 g/mol. The van der Waals surface area contributed by atoms with E-state index in [1.807, 2.05) is 24.3 Å². The second kappa shape index (κ2) is 6.55. The number of carbonyl (C=O) groups excluding carboxylic acids is 1. The summed E-state index contributed by atoms with van der Waals surface area (Å²) in [6.07, 6.45) is 3.91. The molecule has 122 valence electrons. The van der Waals surface area contributed by atoms with Gasteiger partial charge in [0.25, 0.3) is 0 Å². The van der Waals surface area contributed by atoms with Crippen molar-refractivity contribution in [2.75, 3.05) is 6.54 Å². The van der Waals surface area contributed by atoms with E-state index in [1.54, 1.807) is 0 Å². The molecule has 0 aromatic heterocycles. The molecule has 0 unspecified atom stereocenters. The molecular weight excluding hydrogens is 274 g/mol. The predicted octanol–water partition coefficient (Wildman–Crippen LogP) is 4.14. The number of aromatic hydroxyl groups is 1. The molecule has 0 bridgehead atoms. The highest BCUT2D eigenvalue weighted by Crippen LogP contribution is 2.39. The topological polar surface area (TPSA) is 49.3 Å². The average molecular weight is 303 g/mol. The first-order valence-electron chi connectivity index (χ1n) is 7.72. The van der Waals surface area contributed by atoms with Crippen LogP contribution < -0.4 is 5.32 Å². The maximum Gasteiger partial charge on any atom is 0.217 e. The fraction of sp³-hybridized carbons (Fsp3) is 0.526. The van der Waals surface area contributed by atoms with E-state index in [1.165, 1.54) is 6.92 Å². The highest BCUT2D eigenvalue weighted by atomic mass is 16.3. The summed E-state index contributed by atoms with van der Waals surface area (Å²) in [5.74, 6) is 0.347. The molecular formula is C19H29NO2. The molecule has 0 fully saturated rings. The van der Waals surface area contributed by atoms with Crippen LogP contribution in [0.25, 0.3) is 6.08 Å². The molecule has 1 aromatic carbocycles. The summed E-state index contributed by atoms with van der Waals surface area (Å²) in [6.45, 7) is 14.6. The summed E-state index contributed by atoms with van der Waals surface area (Å²) >= 11 is 0. The Labute approximate surface area is 134 Å². The molecule has 0 heterocycles. The minimum atomic E-state index is -0.133. The number of phenols is 1. The minimum absolute atomic E-state index is 0.0406. The average Bonchev–Trinajstić information content (AvgIpc) is 2.33. The van der Waals surface area contributed by atoms with Gasteiger partial charge < -0.3 is 10.4 Å². The van der Waals surface area contributed by atoms with Crippen molar-refractivity contribution in [3.05, 3.63) is 34.9 Å². The quantitative estimate of drug-likeness (QED) is 0.882. The smallest absolute Gasteiger partial charge is 0.217 e. The number of phenolic OH excluding ortho intramolecular Hbond substituents is 1. The Morgan fingerprint density at radius 2 is 1.55 bits per heavy atom. The summed E-state index contributed by atoms with van der Waals surface area (Å²) < 4.78 is 0. The molecule has 1 aromatic rings. The minimum Gasteiger partial charge on any atom is -0.507 e. The zero-order valence-corrected chi connectivity index (χ0v) is 14.9. The molecule has 0 aliphatic carbocycles. The molecule has 22 heavy (non-hydrogen) atoms. The Kier molecular flexibility index (Phi) is 5.44. The maximum atomic E-state index is 10.9. The third-order valence-corrected chi connectivity index (χ3v) is 3.53. The van der Waals surface area contributed by atoms with Gasteiger partial charge >= 0.3 is 0 Å². The van der Waals surface area contributed by atoms with Crippen LogP contribution in [0.5, 0.6) is 5.75 Å². The molecule has 0 saturated heterocycles. The van der Waals surface area contributed by atoms with Gasteiger partial charge in [-0.2, -0.15) is 0 Å². The van der Waals surface area contributed by atoms with Gasteiger partial charge in [0.05, 0.1) is 0 Å². The summed E-state index contributed by atoms with van der Waals surface area (Å²) in [5, 5.41) is 13.4. The SMILES string of the molecule is CC(=O)NCC=Cc1cc(C(C)(C)C)c(O)c(C(C)(C)C)c1. The lowest BCUT2D eigenvalue weighted by Gasteiger charge is -2.27. The van der Waals surface area contributed by atoms with Crippen LogP contribution in [-0.4, -0.2) is 17.6 Å². The van der Waals surface area contributed by atoms with E-state index < -0.39 is 0 Å². The van der Waals surface area contributed by atoms with Crippen molar-refractivity contribution in [3.63, 3.8) is 0 Å². The lowest BCUT2D eigenvalue weighted by Crippen LogP contribution is -2.19. The van der Waals surface area contributed by atoms with Gasteiger partial charge in [0.15, 0.2) is 0 Å². The summed E-state index contributed by atoms with van der Waals surface area (Å²) in [4.78, 5) is 10.9. The number of benzene rings is 1. The first-order valence-corrected chi connectivity index (χ1v) is 7.72. The second-order valence-corrected chi connectivity index (χ2v) is 7.80. The standard InChI is InChI=1S/C19H29NO2/c1-13(21)20-10-8-9-14-11-15(18(2,3)4)17(22)16(12-14)19(5,6)7/h8-9,11-12,22H,10H2,1-7H3,(H,20,21). The van der Waals surface area contributed by atoms with Crippen LogP contribution in [0.3, 0.4) is 0 Å². The van der Waals surface area contributed by atoms with Crippen molar-refractivity contribution in [2.24, 2.45) is 0 Å². The van der Waals surface area contributed by atoms with Crippen molar-refractivity contribution < 1.29 is 9.90 Å². The third kappa shape index (κ3) is 4.90. The Hall–Kier alpha value is -1.77. The van der Waals surface area contributed by atoms with E-state index in [2.05, 4.69) is 46.9 Å². The van der Waals surface area contributed by atoms with Crippen molar-refractivity contribution in [1.29, 1.82) is 0 Å². The van der Waals surface area contributed by atoms with Gasteiger partial charge in [-0.25, -0.2) is 0 Å². The molecule has 3 nitrogen and oxygen atoms in total. The molecule has 0 aliphatic heterocycles. The number of amides is 1. The van der Waals surface area contributed by atoms with Crippen LogP contribution >= 0.6 is 0 Å². The Balaban J connectivity index is 3.27. The summed E-state index contributed by atoms with van der Waals surface area (Å²) in [5.41, 5.74) is 2.66. The van der Waals surface area contributed by atoms with Gasteiger partial charge in [-0.15, -0.1) is 0 Å². The van der Waals surface area contributed by atoms with Gasteiger partial charge in [-0.05, 0) is 28.5 Å². The van der Waals surface area contributed by atoms with E-state index in [-0.39, 0.29) is 16.7 Å². The van der Waals surface area contributed by atoms with Crippen LogP contribution in [0, 0.1) is 0 Å². The molecule has 3 heteroatoms. The van der Waals surface area contributed by atoms with Crippen LogP contribution in [0.1, 0.15) is 65.2 Å². The van der Waals surface area contributed by atoms with Crippen molar-refractivity contribution in [3.8, 4) is 5.75 Å². The first kappa shape index (κ1) is 18.3. The van der Waals surface area contributed by atoms with Gasteiger partial charge in [-0.3, -0.25) is 4.79 Å². The zero-order valence-electron chi connectivity index (χ0n) is 14.9. The van der Waals surface area contributed by atoms with Gasteiger partial charge in [0.2, 0.25) is 5.91 Å². The predicted molar refractivity (Wildman–Crippen MR) is 93.2 cm³/mol. The largest absolute Gasteiger partial charge is 0.507 e. The van der Waals surface area contributed by atoms with Crippen molar-refractivity contribution in [1.82, 2.24) is 5.32 Å². The van der Waals surface area contributed by atoms with Crippen LogP contribution in [0.4, 0.5) is 0 Å². The van der Waals surface area contributed by atoms with Crippen molar-refractivity contribution >= 4 is 12.0 Å². The van der Waals surface area contributed by atoms with Crippen LogP contribution in [-0.2, 0) is 15.6 Å². The maximum absolute atomic E-state index is 10.9. The zero-order chi connectivity index (χ0) is 17.1. The molecule has 1 rings (SSSR count). The molecule has 0 aliphatic rings. The number of rotatable bonds is 3. The molecule has 2 N–H and O–H groups in total. The van der Waals surface area contributed by atoms with E-state index in [0.29, 0.717) is 12.3 Å². The summed E-state index contributed by atoms with van der Waals surface area (Å²) in [6, 6.07) is 4.05. The normalized spacial score (nSPS) is 12.7. The molecule has 0 atom stereocenters. The lowest BCUT2D eigenvalue weighted by atomic mass is 9.78. The van der Waals surface area contributed by atoms with E-state index in [0.717, 1.165) is 16.7 Å². The fourth-order valence-corrected chi connectivity index (χ4v) is 2.29. The first-order chi connectivity index (χ1) is 9.93. The van der Waals surface area contributed by atoms with Crippen LogP contribution in [0.15, 0.2) is 18.2 Å². The van der Waals surface area contributed by atoms with E-state index in [9.17, 15) is 9.90 Å². The highest BCUT2D eigenvalue weighted by Gasteiger charge is 2.26. The number of hydrogen-bond donors (Lipinski definition) is 2. The molecule has 0 spiro atoms. The van der Waals surface area contributed by atoms with Crippen molar-refractivity contribution in [2.45, 2.75) is 59.3 Å². The Morgan fingerprint density at radius 3 is 1.91 bits per heavy atom. The number of carbonyl (C=O) groups is 1. The van der Waals surface area contributed by atoms with Crippen LogP contribution in [0.2, 0.25) is 0 Å². The Morgan fingerprint density at radius 1 is 1.09 bits per heavy atom. The van der Waals surface area contributed by atoms with E-state index in [4.69, 9.17) is 0 Å². The molecule has 1 amide bonds. The highest BCUT2D eigenvalue weighted by molar-refractivity contribution is 5.73. The summed E-state index contributed by atoms with van der Waals surface area (Å²) in [7, 11) is 0. The van der Waals surface area contributed by atoms with Gasteiger partial charge in [0.1, 0.15) is 5.75 Å². The molecule has 0 saturated carbocycles. The fourth-order valence-electron chi connectivity index (χ4n) is 2.29. The van der Waals surface area contributed by atoms with Gasteiger partial charge in [0, 0.05) is 24.6 Å². The van der Waals surface area contributed by atoms with E-state index >= 15 is 0 Å². The third-order valence-electron chi connectivity index (χ3n) is 3.53. The number of hydrogen-bond acceptors (Lipinski definition) is 2. The van der Waals surface area contributed by atoms with Gasteiger partial charge in [-0.1, -0.05) is 53.7 Å².